The van der Waals surface area contributed by atoms with Crippen LogP contribution < -0.4 is 0 Å². The SMILES string of the molecule is BC1C=CC([C@H]2C=C[C@@H](B)CC2)CC1. The van der Waals surface area contributed by atoms with Gasteiger partial charge in [-0.3, -0.25) is 0 Å². The van der Waals surface area contributed by atoms with Crippen LogP contribution in [0.3, 0.4) is 0 Å². The molecule has 2 aliphatic rings. The first-order valence-corrected chi connectivity index (χ1v) is 6.12. The molecule has 2 rings (SSSR count). The van der Waals surface area contributed by atoms with Gasteiger partial charge in [0.2, 0.25) is 0 Å². The summed E-state index contributed by atoms with van der Waals surface area (Å²) >= 11 is 0. The van der Waals surface area contributed by atoms with E-state index in [1.54, 1.807) is 0 Å². The maximum Gasteiger partial charge on any atom is 0.110 e. The zero-order valence-electron chi connectivity index (χ0n) is 9.45. The van der Waals surface area contributed by atoms with Crippen LogP contribution in [0, 0.1) is 11.8 Å². The second-order valence-electron chi connectivity index (χ2n) is 5.21. The molecule has 0 heterocycles. The van der Waals surface area contributed by atoms with Crippen molar-refractivity contribution in [1.82, 2.24) is 0 Å². The molecule has 0 spiro atoms. The highest BCUT2D eigenvalue weighted by Gasteiger charge is 2.22. The Kier molecular flexibility index (Phi) is 3.20. The zero-order chi connectivity index (χ0) is 9.97. The highest BCUT2D eigenvalue weighted by molar-refractivity contribution is 6.13. The molecule has 0 bridgehead atoms. The molecule has 2 unspecified atom stereocenters. The minimum absolute atomic E-state index is 0.817. The van der Waals surface area contributed by atoms with Crippen molar-refractivity contribution in [3.63, 3.8) is 0 Å². The second-order valence-corrected chi connectivity index (χ2v) is 5.21. The third kappa shape index (κ3) is 2.34. The maximum absolute atomic E-state index is 2.47. The molecule has 0 aromatic rings. The van der Waals surface area contributed by atoms with E-state index in [-0.39, 0.29) is 0 Å². The number of allylic oxidation sites excluding steroid dienone is 4. The van der Waals surface area contributed by atoms with E-state index in [9.17, 15) is 0 Å². The smallest absolute Gasteiger partial charge is 0.0931 e. The first kappa shape index (κ1) is 10.1. The Hall–Kier alpha value is -0.390. The van der Waals surface area contributed by atoms with Gasteiger partial charge in [0.25, 0.3) is 0 Å². The Labute approximate surface area is 89.7 Å². The van der Waals surface area contributed by atoms with Crippen LogP contribution in [-0.2, 0) is 0 Å². The van der Waals surface area contributed by atoms with E-state index in [1.165, 1.54) is 25.7 Å². The number of hydrogen-bond donors (Lipinski definition) is 0. The van der Waals surface area contributed by atoms with Crippen molar-refractivity contribution in [2.24, 2.45) is 11.8 Å². The van der Waals surface area contributed by atoms with E-state index in [1.807, 2.05) is 0 Å². The molecule has 0 saturated heterocycles. The van der Waals surface area contributed by atoms with E-state index in [4.69, 9.17) is 0 Å². The fraction of sp³-hybridized carbons (Fsp3) is 0.667. The van der Waals surface area contributed by atoms with Gasteiger partial charge in [-0.1, -0.05) is 48.8 Å². The molecule has 74 valence electrons. The fourth-order valence-corrected chi connectivity index (χ4v) is 2.67. The van der Waals surface area contributed by atoms with Crippen molar-refractivity contribution in [2.45, 2.75) is 37.3 Å². The minimum atomic E-state index is 0.817. The average Bonchev–Trinajstić information content (AvgIpc) is 2.21. The Bertz CT molecular complexity index is 219. The van der Waals surface area contributed by atoms with Crippen LogP contribution in [0.1, 0.15) is 25.7 Å². The summed E-state index contributed by atoms with van der Waals surface area (Å²) in [6.45, 7) is 0. The summed E-state index contributed by atoms with van der Waals surface area (Å²) in [5.41, 5.74) is 0. The lowest BCUT2D eigenvalue weighted by molar-refractivity contribution is 0.382. The van der Waals surface area contributed by atoms with Crippen LogP contribution in [0.2, 0.25) is 11.6 Å². The lowest BCUT2D eigenvalue weighted by Gasteiger charge is -2.29. The van der Waals surface area contributed by atoms with Crippen molar-refractivity contribution >= 4 is 15.7 Å². The van der Waals surface area contributed by atoms with E-state index < -0.39 is 0 Å². The standard InChI is InChI=1S/C12H20B2/c13-11-5-1-9(2-6-11)10-3-7-12(14)8-4-10/h1,3,5,7,9-12H,2,4,6,8,13-14H2/t9-,10?,11+,12?/m0/s1. The fourth-order valence-electron chi connectivity index (χ4n) is 2.67. The Balaban J connectivity index is 1.96. The molecular formula is C12H20B2. The number of rotatable bonds is 1. The summed E-state index contributed by atoms with van der Waals surface area (Å²) in [7, 11) is 4.65. The molecule has 0 saturated carbocycles. The van der Waals surface area contributed by atoms with Gasteiger partial charge >= 0.3 is 0 Å². The molecule has 0 radical (unpaired) electrons. The van der Waals surface area contributed by atoms with E-state index in [2.05, 4.69) is 40.0 Å². The molecule has 0 N–H and O–H groups in total. The van der Waals surface area contributed by atoms with Gasteiger partial charge in [-0.25, -0.2) is 0 Å². The van der Waals surface area contributed by atoms with E-state index in [0.29, 0.717) is 0 Å². The topological polar surface area (TPSA) is 0 Å². The molecule has 2 aliphatic carbocycles. The maximum atomic E-state index is 2.47. The van der Waals surface area contributed by atoms with E-state index >= 15 is 0 Å². The largest absolute Gasteiger partial charge is 0.110 e. The highest BCUT2D eigenvalue weighted by atomic mass is 14.3. The molecule has 14 heavy (non-hydrogen) atoms. The van der Waals surface area contributed by atoms with Crippen molar-refractivity contribution < 1.29 is 0 Å². The van der Waals surface area contributed by atoms with Crippen LogP contribution in [-0.4, -0.2) is 15.7 Å². The van der Waals surface area contributed by atoms with Gasteiger partial charge in [-0.05, 0) is 24.7 Å². The van der Waals surface area contributed by atoms with Crippen LogP contribution in [0.15, 0.2) is 24.3 Å². The van der Waals surface area contributed by atoms with Crippen molar-refractivity contribution in [2.75, 3.05) is 0 Å². The first-order valence-electron chi connectivity index (χ1n) is 6.12. The Morgan fingerprint density at radius 3 is 1.36 bits per heavy atom. The first-order chi connectivity index (χ1) is 6.75. The lowest BCUT2D eigenvalue weighted by Crippen LogP contribution is -2.17. The highest BCUT2D eigenvalue weighted by Crippen LogP contribution is 2.35. The Morgan fingerprint density at radius 2 is 1.07 bits per heavy atom. The monoisotopic (exact) mass is 186 g/mol. The zero-order valence-corrected chi connectivity index (χ0v) is 9.45. The van der Waals surface area contributed by atoms with Gasteiger partial charge in [0.15, 0.2) is 0 Å². The molecule has 0 fully saturated rings. The second kappa shape index (κ2) is 4.42. The van der Waals surface area contributed by atoms with Gasteiger partial charge < -0.3 is 0 Å². The molecule has 2 heteroatoms. The van der Waals surface area contributed by atoms with Gasteiger partial charge in [0.05, 0.1) is 0 Å². The minimum Gasteiger partial charge on any atom is -0.0931 e. The Morgan fingerprint density at radius 1 is 0.643 bits per heavy atom. The quantitative estimate of drug-likeness (QED) is 0.432. The number of hydrogen-bond acceptors (Lipinski definition) is 0. The summed E-state index contributed by atoms with van der Waals surface area (Å²) in [6.07, 6.45) is 15.4. The third-order valence-corrected chi connectivity index (χ3v) is 3.83. The molecule has 0 amide bonds. The van der Waals surface area contributed by atoms with Crippen LogP contribution in [0.5, 0.6) is 0 Å². The normalized spacial score (nSPS) is 42.6. The molecule has 4 atom stereocenters. The van der Waals surface area contributed by atoms with Crippen LogP contribution in [0.4, 0.5) is 0 Å². The molecule has 0 aromatic heterocycles. The molecular weight excluding hydrogens is 166 g/mol. The van der Waals surface area contributed by atoms with Gasteiger partial charge in [-0.2, -0.15) is 0 Å². The summed E-state index contributed by atoms with van der Waals surface area (Å²) in [5, 5.41) is 0. The predicted molar refractivity (Wildman–Crippen MR) is 68.3 cm³/mol. The summed E-state index contributed by atoms with van der Waals surface area (Å²) in [6, 6.07) is 0. The average molecular weight is 186 g/mol. The molecule has 0 nitrogen and oxygen atoms in total. The summed E-state index contributed by atoms with van der Waals surface area (Å²) in [4.78, 5) is 0. The van der Waals surface area contributed by atoms with Crippen LogP contribution >= 0.6 is 0 Å². The molecule has 0 aromatic carbocycles. The third-order valence-electron chi connectivity index (χ3n) is 3.83. The predicted octanol–water partition coefficient (Wildman–Crippen LogP) is 1.76. The lowest BCUT2D eigenvalue weighted by atomic mass is 9.69. The molecule has 0 aliphatic heterocycles. The van der Waals surface area contributed by atoms with Crippen molar-refractivity contribution in [3.8, 4) is 0 Å². The van der Waals surface area contributed by atoms with Crippen LogP contribution in [0.25, 0.3) is 0 Å². The van der Waals surface area contributed by atoms with Crippen molar-refractivity contribution in [3.05, 3.63) is 24.3 Å². The van der Waals surface area contributed by atoms with Gasteiger partial charge in [-0.15, -0.1) is 0 Å². The van der Waals surface area contributed by atoms with Crippen molar-refractivity contribution in [1.29, 1.82) is 0 Å². The summed E-state index contributed by atoms with van der Waals surface area (Å²) in [5.74, 6) is 3.32. The van der Waals surface area contributed by atoms with Gasteiger partial charge in [0, 0.05) is 0 Å². The summed E-state index contributed by atoms with van der Waals surface area (Å²) < 4.78 is 0. The van der Waals surface area contributed by atoms with E-state index in [0.717, 1.165) is 23.5 Å². The van der Waals surface area contributed by atoms with Gasteiger partial charge in [0.1, 0.15) is 15.7 Å².